The second-order valence-corrected chi connectivity index (χ2v) is 4.70. The van der Waals surface area contributed by atoms with Gasteiger partial charge >= 0.3 is 6.03 Å². The number of rotatable bonds is 2. The highest BCUT2D eigenvalue weighted by Crippen LogP contribution is 2.15. The molecule has 104 valence electrons. The lowest BCUT2D eigenvalue weighted by Crippen LogP contribution is -2.19. The molecule has 0 bridgehead atoms. The summed E-state index contributed by atoms with van der Waals surface area (Å²) in [5, 5.41) is 5.56. The number of hydrogen-bond donors (Lipinski definition) is 2. The molecule has 2 amide bonds. The molecule has 0 saturated carbocycles. The number of aromatic nitrogens is 2. The van der Waals surface area contributed by atoms with Crippen LogP contribution in [0.3, 0.4) is 0 Å². The number of anilines is 2. The smallest absolute Gasteiger partial charge is 0.308 e. The van der Waals surface area contributed by atoms with E-state index in [0.717, 1.165) is 22.3 Å². The van der Waals surface area contributed by atoms with E-state index in [1.54, 1.807) is 24.5 Å². The van der Waals surface area contributed by atoms with Gasteiger partial charge in [-0.1, -0.05) is 17.7 Å². The number of nitrogens with zero attached hydrogens (tertiary/aromatic N) is 2. The zero-order valence-corrected chi connectivity index (χ0v) is 11.5. The standard InChI is InChI=1S/C16H14N4O/c1-11-2-4-12(5-3-11)19-16(21)20-13-6-7-14-15(10-13)18-9-8-17-14/h2-10H,1H3,(H2,19,20,21). The van der Waals surface area contributed by atoms with Crippen molar-refractivity contribution in [1.29, 1.82) is 0 Å². The van der Waals surface area contributed by atoms with E-state index in [0.29, 0.717) is 5.69 Å². The number of urea groups is 1. The van der Waals surface area contributed by atoms with Crippen molar-refractivity contribution in [3.8, 4) is 0 Å². The molecule has 0 radical (unpaired) electrons. The number of carbonyl (C=O) groups excluding carboxylic acids is 1. The van der Waals surface area contributed by atoms with Gasteiger partial charge in [0.05, 0.1) is 11.0 Å². The van der Waals surface area contributed by atoms with Gasteiger partial charge in [-0.2, -0.15) is 0 Å². The predicted octanol–water partition coefficient (Wildman–Crippen LogP) is 3.58. The van der Waals surface area contributed by atoms with Crippen LogP contribution < -0.4 is 10.6 Å². The molecule has 0 atom stereocenters. The Morgan fingerprint density at radius 1 is 0.857 bits per heavy atom. The Labute approximate surface area is 122 Å². The third-order valence-corrected chi connectivity index (χ3v) is 3.04. The minimum Gasteiger partial charge on any atom is -0.308 e. The van der Waals surface area contributed by atoms with Crippen LogP contribution in [0.25, 0.3) is 11.0 Å². The lowest BCUT2D eigenvalue weighted by atomic mass is 10.2. The lowest BCUT2D eigenvalue weighted by molar-refractivity contribution is 0.262. The lowest BCUT2D eigenvalue weighted by Gasteiger charge is -2.08. The average molecular weight is 278 g/mol. The Kier molecular flexibility index (Phi) is 3.47. The predicted molar refractivity (Wildman–Crippen MR) is 83.4 cm³/mol. The fourth-order valence-corrected chi connectivity index (χ4v) is 1.97. The summed E-state index contributed by atoms with van der Waals surface area (Å²) in [5.41, 5.74) is 4.10. The summed E-state index contributed by atoms with van der Waals surface area (Å²) >= 11 is 0. The Morgan fingerprint density at radius 2 is 1.48 bits per heavy atom. The molecule has 0 saturated heterocycles. The van der Waals surface area contributed by atoms with Crippen molar-refractivity contribution >= 4 is 28.4 Å². The fraction of sp³-hybridized carbons (Fsp3) is 0.0625. The second-order valence-electron chi connectivity index (χ2n) is 4.70. The molecule has 0 aliphatic heterocycles. The first-order chi connectivity index (χ1) is 10.2. The van der Waals surface area contributed by atoms with Crippen LogP contribution in [0.2, 0.25) is 0 Å². The van der Waals surface area contributed by atoms with Gasteiger partial charge in [0.15, 0.2) is 0 Å². The molecule has 5 nitrogen and oxygen atoms in total. The molecule has 0 spiro atoms. The SMILES string of the molecule is Cc1ccc(NC(=O)Nc2ccc3nccnc3c2)cc1. The van der Waals surface area contributed by atoms with Gasteiger partial charge in [0, 0.05) is 23.8 Å². The van der Waals surface area contributed by atoms with Crippen molar-refractivity contribution in [2.75, 3.05) is 10.6 Å². The van der Waals surface area contributed by atoms with Crippen molar-refractivity contribution in [2.24, 2.45) is 0 Å². The van der Waals surface area contributed by atoms with E-state index in [1.807, 2.05) is 37.3 Å². The molecule has 1 heterocycles. The molecule has 0 unspecified atom stereocenters. The first-order valence-corrected chi connectivity index (χ1v) is 6.56. The number of fused-ring (bicyclic) bond motifs is 1. The van der Waals surface area contributed by atoms with E-state index >= 15 is 0 Å². The van der Waals surface area contributed by atoms with Crippen LogP contribution in [0.15, 0.2) is 54.9 Å². The summed E-state index contributed by atoms with van der Waals surface area (Å²) in [6.07, 6.45) is 3.26. The van der Waals surface area contributed by atoms with Crippen LogP contribution in [-0.4, -0.2) is 16.0 Å². The molecule has 0 fully saturated rings. The fourth-order valence-electron chi connectivity index (χ4n) is 1.97. The molecule has 3 aromatic rings. The largest absolute Gasteiger partial charge is 0.323 e. The van der Waals surface area contributed by atoms with Gasteiger partial charge < -0.3 is 10.6 Å². The maximum atomic E-state index is 11.9. The molecule has 21 heavy (non-hydrogen) atoms. The van der Waals surface area contributed by atoms with Crippen molar-refractivity contribution in [1.82, 2.24) is 9.97 Å². The van der Waals surface area contributed by atoms with Gasteiger partial charge in [-0.25, -0.2) is 4.79 Å². The van der Waals surface area contributed by atoms with E-state index in [2.05, 4.69) is 20.6 Å². The molecule has 2 N–H and O–H groups in total. The number of amides is 2. The summed E-state index contributed by atoms with van der Waals surface area (Å²) in [4.78, 5) is 20.3. The van der Waals surface area contributed by atoms with Crippen molar-refractivity contribution in [3.63, 3.8) is 0 Å². The maximum absolute atomic E-state index is 11.9. The molecule has 0 aliphatic rings. The molecule has 0 aliphatic carbocycles. The van der Waals surface area contributed by atoms with E-state index in [1.165, 1.54) is 0 Å². The number of benzene rings is 2. The Morgan fingerprint density at radius 3 is 2.24 bits per heavy atom. The number of aryl methyl sites for hydroxylation is 1. The monoisotopic (exact) mass is 278 g/mol. The minimum absolute atomic E-state index is 0.290. The van der Waals surface area contributed by atoms with E-state index in [4.69, 9.17) is 0 Å². The van der Waals surface area contributed by atoms with Gasteiger partial charge in [-0.05, 0) is 37.3 Å². The van der Waals surface area contributed by atoms with Gasteiger partial charge in [-0.15, -0.1) is 0 Å². The summed E-state index contributed by atoms with van der Waals surface area (Å²) in [6.45, 7) is 2.00. The van der Waals surface area contributed by atoms with Gasteiger partial charge in [-0.3, -0.25) is 9.97 Å². The van der Waals surface area contributed by atoms with Crippen molar-refractivity contribution in [2.45, 2.75) is 6.92 Å². The van der Waals surface area contributed by atoms with Crippen LogP contribution in [0.1, 0.15) is 5.56 Å². The highest BCUT2D eigenvalue weighted by Gasteiger charge is 2.04. The van der Waals surface area contributed by atoms with Gasteiger partial charge in [0.1, 0.15) is 0 Å². The van der Waals surface area contributed by atoms with Crippen LogP contribution in [-0.2, 0) is 0 Å². The number of hydrogen-bond acceptors (Lipinski definition) is 3. The summed E-state index contributed by atoms with van der Waals surface area (Å²) in [5.74, 6) is 0. The normalized spacial score (nSPS) is 10.3. The van der Waals surface area contributed by atoms with Crippen LogP contribution in [0, 0.1) is 6.92 Å². The van der Waals surface area contributed by atoms with Crippen molar-refractivity contribution in [3.05, 3.63) is 60.4 Å². The Balaban J connectivity index is 1.72. The topological polar surface area (TPSA) is 66.9 Å². The van der Waals surface area contributed by atoms with Crippen LogP contribution in [0.4, 0.5) is 16.2 Å². The highest BCUT2D eigenvalue weighted by molar-refractivity contribution is 6.00. The van der Waals surface area contributed by atoms with Crippen molar-refractivity contribution < 1.29 is 4.79 Å². The molecule has 5 heteroatoms. The summed E-state index contributed by atoms with van der Waals surface area (Å²) in [7, 11) is 0. The zero-order valence-electron chi connectivity index (χ0n) is 11.5. The third-order valence-electron chi connectivity index (χ3n) is 3.04. The first kappa shape index (κ1) is 13.1. The summed E-state index contributed by atoms with van der Waals surface area (Å²) in [6, 6.07) is 12.7. The quantitative estimate of drug-likeness (QED) is 0.753. The zero-order chi connectivity index (χ0) is 14.7. The first-order valence-electron chi connectivity index (χ1n) is 6.56. The second kappa shape index (κ2) is 5.58. The minimum atomic E-state index is -0.290. The number of nitrogens with one attached hydrogen (secondary N) is 2. The molecule has 3 rings (SSSR count). The highest BCUT2D eigenvalue weighted by atomic mass is 16.2. The van der Waals surface area contributed by atoms with E-state index in [-0.39, 0.29) is 6.03 Å². The molecular formula is C16H14N4O. The van der Waals surface area contributed by atoms with E-state index < -0.39 is 0 Å². The Hall–Kier alpha value is -2.95. The number of carbonyl (C=O) groups is 1. The van der Waals surface area contributed by atoms with Gasteiger partial charge in [0.2, 0.25) is 0 Å². The maximum Gasteiger partial charge on any atom is 0.323 e. The molecular weight excluding hydrogens is 264 g/mol. The van der Waals surface area contributed by atoms with Gasteiger partial charge in [0.25, 0.3) is 0 Å². The molecule has 2 aromatic carbocycles. The molecule has 1 aromatic heterocycles. The van der Waals surface area contributed by atoms with Crippen LogP contribution in [0.5, 0.6) is 0 Å². The third kappa shape index (κ3) is 3.14. The Bertz CT molecular complexity index is 784. The van der Waals surface area contributed by atoms with E-state index in [9.17, 15) is 4.79 Å². The average Bonchev–Trinajstić information content (AvgIpc) is 2.49. The summed E-state index contributed by atoms with van der Waals surface area (Å²) < 4.78 is 0. The van der Waals surface area contributed by atoms with Crippen LogP contribution >= 0.6 is 0 Å².